The van der Waals surface area contributed by atoms with Gasteiger partial charge in [-0.1, -0.05) is 46.6 Å². The van der Waals surface area contributed by atoms with Crippen molar-refractivity contribution in [2.24, 2.45) is 0 Å². The molecule has 1 aromatic heterocycles. The summed E-state index contributed by atoms with van der Waals surface area (Å²) >= 11 is 0. The number of hydrogen-bond donors (Lipinski definition) is 0. The largest absolute Gasteiger partial charge is 0.334 e. The SMILES string of the molecule is Cc1cccc(-c2noc(-c3ccc(C)cc3C)n2)c1. The minimum atomic E-state index is 0.569. The Morgan fingerprint density at radius 2 is 1.70 bits per heavy atom. The van der Waals surface area contributed by atoms with E-state index in [9.17, 15) is 0 Å². The molecule has 1 heterocycles. The molecule has 0 bridgehead atoms. The van der Waals surface area contributed by atoms with E-state index in [-0.39, 0.29) is 0 Å². The maximum atomic E-state index is 5.40. The molecule has 0 amide bonds. The van der Waals surface area contributed by atoms with E-state index in [0.717, 1.165) is 16.7 Å². The number of hydrogen-bond acceptors (Lipinski definition) is 3. The molecule has 20 heavy (non-hydrogen) atoms. The fourth-order valence-electron chi connectivity index (χ4n) is 2.29. The summed E-state index contributed by atoms with van der Waals surface area (Å²) in [6.07, 6.45) is 0. The minimum absolute atomic E-state index is 0.569. The number of rotatable bonds is 2. The van der Waals surface area contributed by atoms with Gasteiger partial charge in [0.15, 0.2) is 0 Å². The van der Waals surface area contributed by atoms with E-state index < -0.39 is 0 Å². The number of aryl methyl sites for hydroxylation is 3. The van der Waals surface area contributed by atoms with Crippen molar-refractivity contribution in [1.29, 1.82) is 0 Å². The first kappa shape index (κ1) is 12.6. The molecule has 0 fully saturated rings. The maximum Gasteiger partial charge on any atom is 0.258 e. The smallest absolute Gasteiger partial charge is 0.258 e. The van der Waals surface area contributed by atoms with Crippen molar-refractivity contribution in [2.75, 3.05) is 0 Å². The average Bonchev–Trinajstić information content (AvgIpc) is 2.88. The predicted molar refractivity (Wildman–Crippen MR) is 79.4 cm³/mol. The highest BCUT2D eigenvalue weighted by atomic mass is 16.5. The van der Waals surface area contributed by atoms with Crippen molar-refractivity contribution < 1.29 is 4.52 Å². The zero-order valence-corrected chi connectivity index (χ0v) is 11.8. The van der Waals surface area contributed by atoms with Gasteiger partial charge in [0.05, 0.1) is 0 Å². The van der Waals surface area contributed by atoms with Gasteiger partial charge in [-0.05, 0) is 38.5 Å². The lowest BCUT2D eigenvalue weighted by Gasteiger charge is -2.01. The highest BCUT2D eigenvalue weighted by Crippen LogP contribution is 2.25. The van der Waals surface area contributed by atoms with Crippen molar-refractivity contribution in [1.82, 2.24) is 10.1 Å². The van der Waals surface area contributed by atoms with Gasteiger partial charge in [0.25, 0.3) is 5.89 Å². The number of benzene rings is 2. The fourth-order valence-corrected chi connectivity index (χ4v) is 2.29. The van der Waals surface area contributed by atoms with Crippen LogP contribution in [-0.2, 0) is 0 Å². The summed E-state index contributed by atoms with van der Waals surface area (Å²) in [4.78, 5) is 4.50. The third kappa shape index (κ3) is 2.35. The fraction of sp³-hybridized carbons (Fsp3) is 0.176. The summed E-state index contributed by atoms with van der Waals surface area (Å²) in [7, 11) is 0. The Kier molecular flexibility index (Phi) is 3.11. The van der Waals surface area contributed by atoms with Crippen LogP contribution in [0.2, 0.25) is 0 Å². The van der Waals surface area contributed by atoms with Crippen LogP contribution in [0.4, 0.5) is 0 Å². The quantitative estimate of drug-likeness (QED) is 0.691. The Morgan fingerprint density at radius 3 is 2.45 bits per heavy atom. The van der Waals surface area contributed by atoms with E-state index >= 15 is 0 Å². The molecule has 0 aliphatic carbocycles. The van der Waals surface area contributed by atoms with E-state index in [0.29, 0.717) is 11.7 Å². The van der Waals surface area contributed by atoms with Gasteiger partial charge in [0, 0.05) is 11.1 Å². The van der Waals surface area contributed by atoms with E-state index in [2.05, 4.69) is 55.2 Å². The van der Waals surface area contributed by atoms with Gasteiger partial charge < -0.3 is 4.52 Å². The third-order valence-electron chi connectivity index (χ3n) is 3.31. The Morgan fingerprint density at radius 1 is 0.900 bits per heavy atom. The first-order valence-corrected chi connectivity index (χ1v) is 6.62. The van der Waals surface area contributed by atoms with Gasteiger partial charge >= 0.3 is 0 Å². The van der Waals surface area contributed by atoms with Gasteiger partial charge in [-0.3, -0.25) is 0 Å². The van der Waals surface area contributed by atoms with Gasteiger partial charge in [0.2, 0.25) is 5.82 Å². The average molecular weight is 264 g/mol. The van der Waals surface area contributed by atoms with Gasteiger partial charge in [0.1, 0.15) is 0 Å². The maximum absolute atomic E-state index is 5.40. The predicted octanol–water partition coefficient (Wildman–Crippen LogP) is 4.33. The van der Waals surface area contributed by atoms with Crippen LogP contribution in [0.1, 0.15) is 16.7 Å². The Balaban J connectivity index is 2.02. The van der Waals surface area contributed by atoms with Crippen LogP contribution >= 0.6 is 0 Å². The minimum Gasteiger partial charge on any atom is -0.334 e. The zero-order chi connectivity index (χ0) is 14.1. The lowest BCUT2D eigenvalue weighted by atomic mass is 10.1. The second-order valence-electron chi connectivity index (χ2n) is 5.11. The zero-order valence-electron chi connectivity index (χ0n) is 11.8. The van der Waals surface area contributed by atoms with E-state index in [1.54, 1.807) is 0 Å². The van der Waals surface area contributed by atoms with Gasteiger partial charge in [-0.15, -0.1) is 0 Å². The highest BCUT2D eigenvalue weighted by Gasteiger charge is 2.12. The Labute approximate surface area is 118 Å². The molecule has 3 heteroatoms. The molecule has 0 unspecified atom stereocenters. The number of aromatic nitrogens is 2. The molecule has 3 nitrogen and oxygen atoms in total. The molecule has 0 saturated heterocycles. The molecule has 0 aliphatic heterocycles. The molecule has 3 aromatic rings. The normalized spacial score (nSPS) is 10.8. The molecule has 3 rings (SSSR count). The summed E-state index contributed by atoms with van der Waals surface area (Å²) < 4.78 is 5.40. The van der Waals surface area contributed by atoms with Crippen LogP contribution in [-0.4, -0.2) is 10.1 Å². The topological polar surface area (TPSA) is 38.9 Å². The molecule has 0 N–H and O–H groups in total. The van der Waals surface area contributed by atoms with Crippen LogP contribution in [0.5, 0.6) is 0 Å². The van der Waals surface area contributed by atoms with Crippen molar-refractivity contribution in [3.63, 3.8) is 0 Å². The van der Waals surface area contributed by atoms with Crippen LogP contribution in [0.25, 0.3) is 22.8 Å². The van der Waals surface area contributed by atoms with E-state index in [1.807, 2.05) is 18.2 Å². The lowest BCUT2D eigenvalue weighted by Crippen LogP contribution is -1.85. The molecule has 0 saturated carbocycles. The Hall–Kier alpha value is -2.42. The first-order chi connectivity index (χ1) is 9.63. The molecule has 0 aliphatic rings. The summed E-state index contributed by atoms with van der Waals surface area (Å²) in [6.45, 7) is 6.18. The van der Waals surface area contributed by atoms with Crippen molar-refractivity contribution in [3.05, 3.63) is 59.2 Å². The molecule has 0 atom stereocenters. The van der Waals surface area contributed by atoms with Crippen LogP contribution in [0.15, 0.2) is 47.0 Å². The van der Waals surface area contributed by atoms with Crippen LogP contribution in [0, 0.1) is 20.8 Å². The van der Waals surface area contributed by atoms with Crippen molar-refractivity contribution in [3.8, 4) is 22.8 Å². The van der Waals surface area contributed by atoms with Crippen LogP contribution in [0.3, 0.4) is 0 Å². The highest BCUT2D eigenvalue weighted by molar-refractivity contribution is 5.63. The van der Waals surface area contributed by atoms with Gasteiger partial charge in [-0.2, -0.15) is 4.98 Å². The Bertz CT molecular complexity index is 759. The lowest BCUT2D eigenvalue weighted by molar-refractivity contribution is 0.432. The monoisotopic (exact) mass is 264 g/mol. The summed E-state index contributed by atoms with van der Waals surface area (Å²) in [5.74, 6) is 1.20. The van der Waals surface area contributed by atoms with Crippen molar-refractivity contribution in [2.45, 2.75) is 20.8 Å². The van der Waals surface area contributed by atoms with E-state index in [4.69, 9.17) is 4.52 Å². The van der Waals surface area contributed by atoms with E-state index in [1.165, 1.54) is 11.1 Å². The standard InChI is InChI=1S/C17H16N2O/c1-11-5-4-6-14(10-11)16-18-17(20-19-16)15-8-7-12(2)9-13(15)3/h4-10H,1-3H3. The number of nitrogens with zero attached hydrogens (tertiary/aromatic N) is 2. The van der Waals surface area contributed by atoms with Gasteiger partial charge in [-0.25, -0.2) is 0 Å². The summed E-state index contributed by atoms with van der Waals surface area (Å²) in [5.41, 5.74) is 5.52. The van der Waals surface area contributed by atoms with Crippen LogP contribution < -0.4 is 0 Å². The third-order valence-corrected chi connectivity index (χ3v) is 3.31. The second kappa shape index (κ2) is 4.93. The van der Waals surface area contributed by atoms with Crippen molar-refractivity contribution >= 4 is 0 Å². The second-order valence-corrected chi connectivity index (χ2v) is 5.11. The molecule has 0 radical (unpaired) electrons. The first-order valence-electron chi connectivity index (χ1n) is 6.62. The summed E-state index contributed by atoms with van der Waals surface area (Å²) in [5, 5.41) is 4.08. The molecular formula is C17H16N2O. The molecule has 2 aromatic carbocycles. The molecule has 0 spiro atoms. The summed E-state index contributed by atoms with van der Waals surface area (Å²) in [6, 6.07) is 14.3. The molecule has 100 valence electrons. The molecular weight excluding hydrogens is 248 g/mol.